The van der Waals surface area contributed by atoms with E-state index in [9.17, 15) is 14.7 Å². The molecule has 6 nitrogen and oxygen atoms in total. The zero-order chi connectivity index (χ0) is 14.6. The molecule has 1 aliphatic rings. The van der Waals surface area contributed by atoms with Crippen molar-refractivity contribution in [3.63, 3.8) is 0 Å². The highest BCUT2D eigenvalue weighted by Gasteiger charge is 2.39. The number of likely N-dealkylation sites (tertiary alicyclic amines) is 1. The Bertz CT molecular complexity index is 346. The lowest BCUT2D eigenvalue weighted by molar-refractivity contribution is -0.150. The molecule has 0 aromatic rings. The van der Waals surface area contributed by atoms with Crippen molar-refractivity contribution >= 4 is 12.0 Å². The van der Waals surface area contributed by atoms with Crippen LogP contribution in [0.5, 0.6) is 0 Å². The van der Waals surface area contributed by atoms with Crippen LogP contribution in [0.4, 0.5) is 4.79 Å². The van der Waals surface area contributed by atoms with E-state index in [1.165, 1.54) is 0 Å². The minimum Gasteiger partial charge on any atom is -0.481 e. The lowest BCUT2D eigenvalue weighted by Gasteiger charge is -2.37. The number of hydrogen-bond acceptors (Lipinski definition) is 3. The second-order valence-electron chi connectivity index (χ2n) is 5.89. The van der Waals surface area contributed by atoms with Gasteiger partial charge in [0.2, 0.25) is 0 Å². The first-order valence-electron chi connectivity index (χ1n) is 6.69. The number of nitrogens with one attached hydrogen (secondary N) is 1. The highest BCUT2D eigenvalue weighted by Crippen LogP contribution is 2.29. The molecule has 2 amide bonds. The number of likely N-dealkylation sites (N-methyl/N-ethyl adjacent to an activating group) is 1. The summed E-state index contributed by atoms with van der Waals surface area (Å²) in [5.74, 6) is -0.827. The van der Waals surface area contributed by atoms with E-state index in [2.05, 4.69) is 5.32 Å². The monoisotopic (exact) mass is 271 g/mol. The first-order chi connectivity index (χ1) is 8.76. The number of urea groups is 1. The quantitative estimate of drug-likeness (QED) is 0.794. The molecule has 0 aliphatic carbocycles. The van der Waals surface area contributed by atoms with Crippen LogP contribution in [0.25, 0.3) is 0 Å². The normalized spacial score (nSPS) is 25.2. The van der Waals surface area contributed by atoms with Crippen LogP contribution in [0.3, 0.4) is 0 Å². The van der Waals surface area contributed by atoms with Gasteiger partial charge in [-0.2, -0.15) is 0 Å². The van der Waals surface area contributed by atoms with Gasteiger partial charge in [-0.05, 0) is 40.8 Å². The summed E-state index contributed by atoms with van der Waals surface area (Å²) in [6.07, 6.45) is 1.36. The van der Waals surface area contributed by atoms with Crippen LogP contribution >= 0.6 is 0 Å². The van der Waals surface area contributed by atoms with Gasteiger partial charge in [-0.1, -0.05) is 0 Å². The second kappa shape index (κ2) is 6.23. The third-order valence-electron chi connectivity index (χ3n) is 3.93. The Kier molecular flexibility index (Phi) is 5.17. The van der Waals surface area contributed by atoms with E-state index in [0.717, 1.165) is 6.42 Å². The number of carboxylic acid groups (broad SMARTS) is 1. The summed E-state index contributed by atoms with van der Waals surface area (Å²) in [6, 6.07) is 0.0838. The van der Waals surface area contributed by atoms with Gasteiger partial charge in [-0.25, -0.2) is 4.79 Å². The molecule has 2 atom stereocenters. The standard InChI is InChI=1S/C13H25N3O3/c1-10(15(3)4)8-14-12(19)16-7-5-6-13(2,9-16)11(17)18/h10H,5-9H2,1-4H3,(H,14,19)(H,17,18). The largest absolute Gasteiger partial charge is 0.481 e. The smallest absolute Gasteiger partial charge is 0.317 e. The van der Waals surface area contributed by atoms with Gasteiger partial charge < -0.3 is 20.2 Å². The zero-order valence-electron chi connectivity index (χ0n) is 12.3. The molecule has 19 heavy (non-hydrogen) atoms. The Labute approximate surface area is 114 Å². The number of piperidine rings is 1. The van der Waals surface area contributed by atoms with E-state index in [1.807, 2.05) is 25.9 Å². The maximum Gasteiger partial charge on any atom is 0.317 e. The average Bonchev–Trinajstić information content (AvgIpc) is 2.35. The van der Waals surface area contributed by atoms with Crippen molar-refractivity contribution < 1.29 is 14.7 Å². The maximum atomic E-state index is 12.0. The van der Waals surface area contributed by atoms with Crippen LogP contribution < -0.4 is 5.32 Å². The molecule has 1 saturated heterocycles. The molecule has 1 rings (SSSR count). The first kappa shape index (κ1) is 15.8. The Balaban J connectivity index is 2.51. The summed E-state index contributed by atoms with van der Waals surface area (Å²) >= 11 is 0. The van der Waals surface area contributed by atoms with Crippen LogP contribution in [0, 0.1) is 5.41 Å². The molecule has 0 aromatic heterocycles. The van der Waals surface area contributed by atoms with Crippen LogP contribution in [0.2, 0.25) is 0 Å². The minimum absolute atomic E-state index is 0.166. The van der Waals surface area contributed by atoms with E-state index >= 15 is 0 Å². The maximum absolute atomic E-state index is 12.0. The summed E-state index contributed by atoms with van der Waals surface area (Å²) in [4.78, 5) is 26.9. The van der Waals surface area contributed by atoms with E-state index in [0.29, 0.717) is 19.5 Å². The summed E-state index contributed by atoms with van der Waals surface area (Å²) < 4.78 is 0. The fraction of sp³-hybridized carbons (Fsp3) is 0.846. The number of carbonyl (C=O) groups is 2. The van der Waals surface area contributed by atoms with Gasteiger partial charge in [0.25, 0.3) is 0 Å². The van der Waals surface area contributed by atoms with Gasteiger partial charge in [0, 0.05) is 25.7 Å². The molecule has 2 unspecified atom stereocenters. The van der Waals surface area contributed by atoms with Gasteiger partial charge in [0.05, 0.1) is 5.41 Å². The van der Waals surface area contributed by atoms with Crippen molar-refractivity contribution in [3.05, 3.63) is 0 Å². The molecule has 6 heteroatoms. The summed E-state index contributed by atoms with van der Waals surface area (Å²) in [7, 11) is 3.92. The topological polar surface area (TPSA) is 72.9 Å². The van der Waals surface area contributed by atoms with E-state index in [1.54, 1.807) is 11.8 Å². The molecule has 2 N–H and O–H groups in total. The van der Waals surface area contributed by atoms with Crippen molar-refractivity contribution in [1.82, 2.24) is 15.1 Å². The third-order valence-corrected chi connectivity index (χ3v) is 3.93. The molecule has 0 spiro atoms. The van der Waals surface area contributed by atoms with Crippen LogP contribution in [-0.2, 0) is 4.79 Å². The molecule has 0 aromatic carbocycles. The van der Waals surface area contributed by atoms with E-state index < -0.39 is 11.4 Å². The number of aliphatic carboxylic acids is 1. The second-order valence-corrected chi connectivity index (χ2v) is 5.89. The highest BCUT2D eigenvalue weighted by molar-refractivity contribution is 5.78. The van der Waals surface area contributed by atoms with Crippen LogP contribution in [0.15, 0.2) is 0 Å². The third kappa shape index (κ3) is 4.09. The fourth-order valence-electron chi connectivity index (χ4n) is 2.12. The summed E-state index contributed by atoms with van der Waals surface area (Å²) in [5, 5.41) is 12.1. The number of nitrogens with zero attached hydrogens (tertiary/aromatic N) is 2. The van der Waals surface area contributed by atoms with E-state index in [4.69, 9.17) is 0 Å². The molecule has 0 radical (unpaired) electrons. The van der Waals surface area contributed by atoms with Crippen molar-refractivity contribution in [2.45, 2.75) is 32.7 Å². The van der Waals surface area contributed by atoms with E-state index in [-0.39, 0.29) is 18.6 Å². The number of carboxylic acids is 1. The molecule has 1 aliphatic heterocycles. The van der Waals surface area contributed by atoms with Crippen molar-refractivity contribution in [1.29, 1.82) is 0 Å². The fourth-order valence-corrected chi connectivity index (χ4v) is 2.12. The number of hydrogen-bond donors (Lipinski definition) is 2. The molecule has 1 fully saturated rings. The van der Waals surface area contributed by atoms with Gasteiger partial charge in [0.1, 0.15) is 0 Å². The number of rotatable bonds is 4. The summed E-state index contributed by atoms with van der Waals surface area (Å²) in [6.45, 7) is 5.21. The van der Waals surface area contributed by atoms with Crippen LogP contribution in [-0.4, -0.2) is 66.7 Å². The predicted octanol–water partition coefficient (Wildman–Crippen LogP) is 0.833. The Morgan fingerprint density at radius 2 is 2.11 bits per heavy atom. The molecular formula is C13H25N3O3. The number of amides is 2. The molecule has 1 heterocycles. The Morgan fingerprint density at radius 1 is 1.47 bits per heavy atom. The van der Waals surface area contributed by atoms with Crippen molar-refractivity contribution in [2.24, 2.45) is 5.41 Å². The predicted molar refractivity (Wildman–Crippen MR) is 73.1 cm³/mol. The lowest BCUT2D eigenvalue weighted by Crippen LogP contribution is -2.52. The first-order valence-corrected chi connectivity index (χ1v) is 6.69. The summed E-state index contributed by atoms with van der Waals surface area (Å²) in [5.41, 5.74) is -0.817. The molecule has 0 bridgehead atoms. The zero-order valence-corrected chi connectivity index (χ0v) is 12.3. The molecular weight excluding hydrogens is 246 g/mol. The van der Waals surface area contributed by atoms with Crippen molar-refractivity contribution in [2.75, 3.05) is 33.7 Å². The average molecular weight is 271 g/mol. The van der Waals surface area contributed by atoms with Gasteiger partial charge in [-0.3, -0.25) is 4.79 Å². The van der Waals surface area contributed by atoms with Gasteiger partial charge in [-0.15, -0.1) is 0 Å². The van der Waals surface area contributed by atoms with Crippen molar-refractivity contribution in [3.8, 4) is 0 Å². The van der Waals surface area contributed by atoms with Gasteiger partial charge in [0.15, 0.2) is 0 Å². The minimum atomic E-state index is -0.827. The van der Waals surface area contributed by atoms with Crippen LogP contribution in [0.1, 0.15) is 26.7 Å². The number of carbonyl (C=O) groups excluding carboxylic acids is 1. The Morgan fingerprint density at radius 3 is 2.63 bits per heavy atom. The molecule has 110 valence electrons. The Hall–Kier alpha value is -1.30. The SMILES string of the molecule is CC(CNC(=O)N1CCCC(C)(C(=O)O)C1)N(C)C. The lowest BCUT2D eigenvalue weighted by atomic mass is 9.82. The van der Waals surface area contributed by atoms with Gasteiger partial charge >= 0.3 is 12.0 Å². The molecule has 0 saturated carbocycles. The highest BCUT2D eigenvalue weighted by atomic mass is 16.4.